The number of hydrogen-bond acceptors (Lipinski definition) is 10. The Morgan fingerprint density at radius 1 is 1.10 bits per heavy atom. The molecule has 5 aromatic rings. The first kappa shape index (κ1) is 32.0. The number of carbonyl (C=O) groups is 1. The Morgan fingerprint density at radius 2 is 1.90 bits per heavy atom. The van der Waals surface area contributed by atoms with Crippen LogP contribution in [0.3, 0.4) is 0 Å². The van der Waals surface area contributed by atoms with Gasteiger partial charge in [-0.2, -0.15) is 9.97 Å². The fourth-order valence-electron chi connectivity index (χ4n) is 8.49. The second-order valence-corrected chi connectivity index (χ2v) is 15.3. The number of alkyl halides is 1. The lowest BCUT2D eigenvalue weighted by molar-refractivity contribution is 0.107. The van der Waals surface area contributed by atoms with Gasteiger partial charge in [0.05, 0.1) is 20.8 Å². The van der Waals surface area contributed by atoms with Crippen molar-refractivity contribution in [1.82, 2.24) is 34.3 Å². The normalized spacial score (nSPS) is 24.9. The Bertz CT molecular complexity index is 2190. The molecule has 2 N–H and O–H groups in total. The number of nitrogens with two attached hydrogens (primary N) is 1. The summed E-state index contributed by atoms with van der Waals surface area (Å²) in [5, 5.41) is 0.633. The number of carbonyl (C=O) groups excluding carboxylic acids is 1. The summed E-state index contributed by atoms with van der Waals surface area (Å²) in [6.45, 7) is 2.03. The summed E-state index contributed by atoms with van der Waals surface area (Å²) in [4.78, 5) is 37.1. The van der Waals surface area contributed by atoms with Crippen LogP contribution in [0, 0.1) is 11.6 Å². The number of rotatable bonds is 5. The molecule has 4 fully saturated rings. The van der Waals surface area contributed by atoms with Crippen LogP contribution in [0.1, 0.15) is 32.1 Å². The van der Waals surface area contributed by atoms with Gasteiger partial charge in [0, 0.05) is 67.0 Å². The molecule has 0 aliphatic carbocycles. The molecule has 4 aliphatic heterocycles. The Labute approximate surface area is 297 Å². The first-order valence-electron chi connectivity index (χ1n) is 16.4. The van der Waals surface area contributed by atoms with Gasteiger partial charge in [0.15, 0.2) is 10.9 Å². The zero-order valence-electron chi connectivity index (χ0n) is 26.5. The van der Waals surface area contributed by atoms with Crippen molar-refractivity contribution in [2.45, 2.75) is 55.9 Å². The third kappa shape index (κ3) is 4.99. The summed E-state index contributed by atoms with van der Waals surface area (Å²) in [7, 11) is 0. The number of ether oxygens (including phenoxy) is 1. The molecular formula is C33H30Cl2F3N9O2S. The second-order valence-electron chi connectivity index (χ2n) is 13.5. The number of nitrogens with zero attached hydrogens (tertiary/aromatic N) is 8. The fourth-order valence-corrected chi connectivity index (χ4v) is 9.74. The molecule has 0 saturated carbocycles. The maximum Gasteiger partial charge on any atom is 0.330 e. The minimum absolute atomic E-state index is 0.00251. The maximum absolute atomic E-state index is 17.0. The van der Waals surface area contributed by atoms with E-state index in [2.05, 4.69) is 24.8 Å². The number of aromatic nitrogens is 5. The summed E-state index contributed by atoms with van der Waals surface area (Å²) in [6, 6.07) is 3.63. The van der Waals surface area contributed by atoms with E-state index in [0.717, 1.165) is 43.6 Å². The highest BCUT2D eigenvalue weighted by molar-refractivity contribution is 7.22. The number of hydrogen-bond donors (Lipinski definition) is 1. The molecule has 0 spiro atoms. The number of fused-ring (bicyclic) bond motifs is 5. The van der Waals surface area contributed by atoms with Gasteiger partial charge in [0.1, 0.15) is 29.9 Å². The van der Waals surface area contributed by atoms with Crippen LogP contribution in [0.2, 0.25) is 10.3 Å². The molecule has 11 nitrogen and oxygen atoms in total. The van der Waals surface area contributed by atoms with E-state index >= 15 is 4.39 Å². The van der Waals surface area contributed by atoms with Crippen molar-refractivity contribution in [3.05, 3.63) is 52.5 Å². The summed E-state index contributed by atoms with van der Waals surface area (Å²) in [5.41, 5.74) is 5.87. The summed E-state index contributed by atoms with van der Waals surface area (Å²) < 4.78 is 54.1. The number of amides is 1. The SMILES string of the molecule is Nc1nc2c(-c3c(Cl)cc4c(N5C6CCC5CN(C(=O)n5ccnc5Cl)C6)nc(OC[C@@]56CCCN5C[C@H](F)C6)nc4c3F)ccc(F)c2s1. The number of nitrogen functional groups attached to an aromatic ring is 1. The first-order chi connectivity index (χ1) is 24.1. The maximum atomic E-state index is 17.0. The van der Waals surface area contributed by atoms with E-state index in [9.17, 15) is 13.6 Å². The number of thiazole rings is 1. The van der Waals surface area contributed by atoms with Crippen LogP contribution in [-0.2, 0) is 0 Å². The van der Waals surface area contributed by atoms with Crippen molar-refractivity contribution in [3.63, 3.8) is 0 Å². The van der Waals surface area contributed by atoms with Crippen molar-refractivity contribution in [3.8, 4) is 17.1 Å². The standard InChI is InChI=1S/C33H30Cl2F3N9O2S/c34-21-10-20-25(24(38)23(21)19-4-5-22(37)27-26(19)41-30(39)50-27)42-31(49-15-33-6-1-8-45(33)12-16(36)11-33)43-28(20)47-17-2-3-18(47)14-44(13-17)32(48)46-9-7-40-29(46)35/h4-5,7,9-10,16-18H,1-3,6,8,11-15H2,(H2,39,41)/t16-,17?,18?,33+/m1/s1. The molecule has 1 amide bonds. The molecule has 2 bridgehead atoms. The Kier molecular flexibility index (Phi) is 7.57. The van der Waals surface area contributed by atoms with Gasteiger partial charge in [-0.05, 0) is 62.0 Å². The molecular weight excluding hydrogens is 714 g/mol. The average Bonchev–Trinajstić information content (AvgIpc) is 3.89. The predicted molar refractivity (Wildman–Crippen MR) is 185 cm³/mol. The van der Waals surface area contributed by atoms with Crippen LogP contribution in [0.5, 0.6) is 6.01 Å². The Morgan fingerprint density at radius 3 is 2.66 bits per heavy atom. The van der Waals surface area contributed by atoms with Gasteiger partial charge in [-0.3, -0.25) is 4.90 Å². The van der Waals surface area contributed by atoms with Crippen LogP contribution in [0.4, 0.5) is 28.9 Å². The molecule has 260 valence electrons. The summed E-state index contributed by atoms with van der Waals surface area (Å²) in [6.07, 6.45) is 5.62. The van der Waals surface area contributed by atoms with Gasteiger partial charge >= 0.3 is 12.0 Å². The molecule has 4 atom stereocenters. The number of benzene rings is 2. The van der Waals surface area contributed by atoms with E-state index in [1.807, 2.05) is 0 Å². The lowest BCUT2D eigenvalue weighted by Gasteiger charge is -2.42. The van der Waals surface area contributed by atoms with E-state index in [1.165, 1.54) is 29.1 Å². The molecule has 4 saturated heterocycles. The second kappa shape index (κ2) is 11.8. The van der Waals surface area contributed by atoms with E-state index in [4.69, 9.17) is 38.7 Å². The zero-order valence-corrected chi connectivity index (χ0v) is 28.8. The molecule has 4 aliphatic rings. The summed E-state index contributed by atoms with van der Waals surface area (Å²) in [5.74, 6) is -0.848. The third-order valence-corrected chi connectivity index (χ3v) is 12.1. The third-order valence-electron chi connectivity index (χ3n) is 10.7. The van der Waals surface area contributed by atoms with Crippen molar-refractivity contribution < 1.29 is 22.7 Å². The van der Waals surface area contributed by atoms with E-state index in [0.29, 0.717) is 37.3 Å². The van der Waals surface area contributed by atoms with Gasteiger partial charge in [0.25, 0.3) is 0 Å². The van der Waals surface area contributed by atoms with Gasteiger partial charge in [-0.1, -0.05) is 22.9 Å². The van der Waals surface area contributed by atoms with Gasteiger partial charge in [-0.25, -0.2) is 32.5 Å². The quantitative estimate of drug-likeness (QED) is 0.214. The minimum atomic E-state index is -0.951. The van der Waals surface area contributed by atoms with Crippen LogP contribution < -0.4 is 15.4 Å². The largest absolute Gasteiger partial charge is 0.461 e. The zero-order chi connectivity index (χ0) is 34.5. The van der Waals surface area contributed by atoms with Crippen LogP contribution >= 0.6 is 34.5 Å². The van der Waals surface area contributed by atoms with Crippen LogP contribution in [-0.4, -0.2) is 96.9 Å². The first-order valence-corrected chi connectivity index (χ1v) is 18.0. The highest BCUT2D eigenvalue weighted by atomic mass is 35.5. The predicted octanol–water partition coefficient (Wildman–Crippen LogP) is 6.55. The average molecular weight is 745 g/mol. The topological polar surface area (TPSA) is 119 Å². The number of anilines is 2. The number of piperazine rings is 1. The fraction of sp³-hybridized carbons (Fsp3) is 0.424. The molecule has 2 unspecified atom stereocenters. The number of halogens is 5. The lowest BCUT2D eigenvalue weighted by atomic mass is 9.95. The van der Waals surface area contributed by atoms with Crippen molar-refractivity contribution in [1.29, 1.82) is 0 Å². The van der Waals surface area contributed by atoms with Crippen molar-refractivity contribution >= 4 is 72.6 Å². The van der Waals surface area contributed by atoms with Crippen molar-refractivity contribution in [2.75, 3.05) is 43.4 Å². The van der Waals surface area contributed by atoms with E-state index < -0.39 is 23.3 Å². The number of likely N-dealkylation sites (tertiary alicyclic amines) is 1. The lowest BCUT2D eigenvalue weighted by Crippen LogP contribution is -2.56. The molecule has 50 heavy (non-hydrogen) atoms. The minimum Gasteiger partial charge on any atom is -0.461 e. The molecule has 3 aromatic heterocycles. The molecule has 17 heteroatoms. The molecule has 0 radical (unpaired) electrons. The Balaban J connectivity index is 1.15. The number of imidazole rings is 1. The Hall–Kier alpha value is -3.92. The van der Waals surface area contributed by atoms with Crippen molar-refractivity contribution in [2.24, 2.45) is 0 Å². The highest BCUT2D eigenvalue weighted by Crippen LogP contribution is 2.45. The summed E-state index contributed by atoms with van der Waals surface area (Å²) >= 11 is 14.0. The van der Waals surface area contributed by atoms with E-state index in [-0.39, 0.29) is 73.0 Å². The molecule has 9 rings (SSSR count). The van der Waals surface area contributed by atoms with Crippen LogP contribution in [0.25, 0.3) is 32.2 Å². The smallest absolute Gasteiger partial charge is 0.330 e. The van der Waals surface area contributed by atoms with Gasteiger partial charge in [0.2, 0.25) is 5.28 Å². The monoisotopic (exact) mass is 743 g/mol. The van der Waals surface area contributed by atoms with Gasteiger partial charge in [-0.15, -0.1) is 0 Å². The van der Waals surface area contributed by atoms with Gasteiger partial charge < -0.3 is 20.3 Å². The molecule has 7 heterocycles. The van der Waals surface area contributed by atoms with Crippen LogP contribution in [0.15, 0.2) is 30.6 Å². The highest BCUT2D eigenvalue weighted by Gasteiger charge is 2.50. The molecule has 2 aromatic carbocycles. The van der Waals surface area contributed by atoms with E-state index in [1.54, 1.807) is 11.0 Å².